The monoisotopic (exact) mass is 386 g/mol. The number of aromatic nitrogens is 1. The first-order valence-corrected chi connectivity index (χ1v) is 10.1. The van der Waals surface area contributed by atoms with Crippen molar-refractivity contribution in [2.45, 2.75) is 12.6 Å². The molecular formula is C24H22N2OS. The predicted molar refractivity (Wildman–Crippen MR) is 116 cm³/mol. The first-order chi connectivity index (χ1) is 13.8. The van der Waals surface area contributed by atoms with Crippen LogP contribution in [0.1, 0.15) is 22.9 Å². The molecule has 0 radical (unpaired) electrons. The Labute approximate surface area is 169 Å². The highest BCUT2D eigenvalue weighted by Gasteiger charge is 2.14. The minimum Gasteiger partial charge on any atom is -0.497 e. The second-order valence-corrected chi connectivity index (χ2v) is 7.37. The fraction of sp³-hybridized carbons (Fsp3) is 0.125. The van der Waals surface area contributed by atoms with Crippen molar-refractivity contribution >= 4 is 11.3 Å². The van der Waals surface area contributed by atoms with E-state index in [0.29, 0.717) is 6.54 Å². The molecule has 0 amide bonds. The van der Waals surface area contributed by atoms with Gasteiger partial charge in [0, 0.05) is 17.5 Å². The minimum absolute atomic E-state index is 0.133. The Morgan fingerprint density at radius 3 is 2.04 bits per heavy atom. The van der Waals surface area contributed by atoms with Gasteiger partial charge < -0.3 is 10.1 Å². The van der Waals surface area contributed by atoms with E-state index in [1.807, 2.05) is 36.4 Å². The van der Waals surface area contributed by atoms with Crippen molar-refractivity contribution in [3.63, 3.8) is 0 Å². The molecule has 0 unspecified atom stereocenters. The molecule has 1 N–H and O–H groups in total. The van der Waals surface area contributed by atoms with Gasteiger partial charge in [-0.3, -0.25) is 0 Å². The summed E-state index contributed by atoms with van der Waals surface area (Å²) in [4.78, 5) is 4.81. The molecule has 0 saturated carbocycles. The van der Waals surface area contributed by atoms with E-state index in [-0.39, 0.29) is 6.04 Å². The molecule has 0 aliphatic rings. The number of ether oxygens (including phenoxy) is 1. The fourth-order valence-corrected chi connectivity index (χ4v) is 4.01. The molecule has 140 valence electrons. The van der Waals surface area contributed by atoms with Gasteiger partial charge in [-0.05, 0) is 35.4 Å². The highest BCUT2D eigenvalue weighted by Crippen LogP contribution is 2.27. The Hall–Kier alpha value is -2.95. The summed E-state index contributed by atoms with van der Waals surface area (Å²) in [6, 6.07) is 29.2. The highest BCUT2D eigenvalue weighted by molar-refractivity contribution is 7.13. The predicted octanol–water partition coefficient (Wildman–Crippen LogP) is 5.70. The van der Waals surface area contributed by atoms with Gasteiger partial charge in [-0.25, -0.2) is 4.98 Å². The van der Waals surface area contributed by atoms with Gasteiger partial charge in [-0.15, -0.1) is 11.3 Å². The zero-order chi connectivity index (χ0) is 19.2. The maximum Gasteiger partial charge on any atom is 0.123 e. The van der Waals surface area contributed by atoms with Crippen molar-refractivity contribution in [2.75, 3.05) is 7.11 Å². The molecule has 3 nitrogen and oxygen atoms in total. The minimum atomic E-state index is 0.133. The van der Waals surface area contributed by atoms with Crippen LogP contribution in [-0.4, -0.2) is 12.1 Å². The summed E-state index contributed by atoms with van der Waals surface area (Å²) in [5.74, 6) is 0.857. The van der Waals surface area contributed by atoms with Gasteiger partial charge in [0.25, 0.3) is 0 Å². The van der Waals surface area contributed by atoms with Crippen molar-refractivity contribution < 1.29 is 4.74 Å². The third kappa shape index (κ3) is 4.30. The Morgan fingerprint density at radius 1 is 0.857 bits per heavy atom. The van der Waals surface area contributed by atoms with Gasteiger partial charge in [0.05, 0.1) is 18.8 Å². The summed E-state index contributed by atoms with van der Waals surface area (Å²) >= 11 is 1.67. The van der Waals surface area contributed by atoms with E-state index in [0.717, 1.165) is 22.0 Å². The molecule has 0 atom stereocenters. The van der Waals surface area contributed by atoms with Crippen LogP contribution < -0.4 is 10.1 Å². The normalized spacial score (nSPS) is 10.9. The topological polar surface area (TPSA) is 34.1 Å². The van der Waals surface area contributed by atoms with Crippen molar-refractivity contribution in [1.82, 2.24) is 10.3 Å². The largest absolute Gasteiger partial charge is 0.497 e. The molecule has 4 aromatic rings. The number of benzene rings is 3. The third-order valence-corrected chi connectivity index (χ3v) is 5.58. The summed E-state index contributed by atoms with van der Waals surface area (Å²) in [7, 11) is 1.68. The average Bonchev–Trinajstić information content (AvgIpc) is 3.24. The van der Waals surface area contributed by atoms with E-state index >= 15 is 0 Å². The number of thiazole rings is 1. The molecule has 0 aliphatic heterocycles. The van der Waals surface area contributed by atoms with Crippen LogP contribution in [-0.2, 0) is 6.54 Å². The van der Waals surface area contributed by atoms with Crippen molar-refractivity contribution in [3.8, 4) is 16.3 Å². The van der Waals surface area contributed by atoms with E-state index in [4.69, 9.17) is 9.72 Å². The lowest BCUT2D eigenvalue weighted by atomic mass is 9.99. The van der Waals surface area contributed by atoms with Crippen molar-refractivity contribution in [2.24, 2.45) is 0 Å². The van der Waals surface area contributed by atoms with E-state index in [1.165, 1.54) is 11.1 Å². The van der Waals surface area contributed by atoms with E-state index in [9.17, 15) is 0 Å². The molecule has 28 heavy (non-hydrogen) atoms. The lowest BCUT2D eigenvalue weighted by molar-refractivity contribution is 0.415. The second-order valence-electron chi connectivity index (χ2n) is 6.51. The molecule has 1 heterocycles. The van der Waals surface area contributed by atoms with Gasteiger partial charge in [-0.1, -0.05) is 60.7 Å². The summed E-state index contributed by atoms with van der Waals surface area (Å²) in [5.41, 5.74) is 4.66. The van der Waals surface area contributed by atoms with Crippen LogP contribution in [0.5, 0.6) is 5.75 Å². The van der Waals surface area contributed by atoms with E-state index in [1.54, 1.807) is 18.4 Å². The van der Waals surface area contributed by atoms with E-state index in [2.05, 4.69) is 59.2 Å². The quantitative estimate of drug-likeness (QED) is 0.442. The molecular weight excluding hydrogens is 364 g/mol. The number of rotatable bonds is 7. The van der Waals surface area contributed by atoms with Crippen LogP contribution in [0.4, 0.5) is 0 Å². The van der Waals surface area contributed by atoms with Gasteiger partial charge >= 0.3 is 0 Å². The molecule has 0 saturated heterocycles. The van der Waals surface area contributed by atoms with Gasteiger partial charge in [0.15, 0.2) is 0 Å². The molecule has 3 aromatic carbocycles. The SMILES string of the molecule is COc1ccc(-c2nc(CNC(c3ccccc3)c3ccccc3)cs2)cc1. The number of hydrogen-bond acceptors (Lipinski definition) is 4. The zero-order valence-electron chi connectivity index (χ0n) is 15.7. The molecule has 0 aliphatic carbocycles. The first kappa shape index (κ1) is 18.4. The lowest BCUT2D eigenvalue weighted by Crippen LogP contribution is -2.22. The fourth-order valence-electron chi connectivity index (χ4n) is 3.18. The number of hydrogen-bond donors (Lipinski definition) is 1. The Balaban J connectivity index is 1.51. The lowest BCUT2D eigenvalue weighted by Gasteiger charge is -2.19. The molecule has 0 fully saturated rings. The number of nitrogens with zero attached hydrogens (tertiary/aromatic N) is 1. The summed E-state index contributed by atoms with van der Waals surface area (Å²) in [5, 5.41) is 6.82. The van der Waals surface area contributed by atoms with Crippen LogP contribution >= 0.6 is 11.3 Å². The average molecular weight is 387 g/mol. The zero-order valence-corrected chi connectivity index (χ0v) is 16.5. The summed E-state index contributed by atoms with van der Waals surface area (Å²) in [6.45, 7) is 0.709. The van der Waals surface area contributed by atoms with Gasteiger partial charge in [0.1, 0.15) is 10.8 Å². The van der Waals surface area contributed by atoms with Crippen LogP contribution in [0, 0.1) is 0 Å². The molecule has 0 bridgehead atoms. The van der Waals surface area contributed by atoms with Crippen LogP contribution in [0.2, 0.25) is 0 Å². The molecule has 0 spiro atoms. The Bertz CT molecular complexity index is 958. The Kier molecular flexibility index (Phi) is 5.80. The number of methoxy groups -OCH3 is 1. The maximum atomic E-state index is 5.23. The molecule has 4 heteroatoms. The van der Waals surface area contributed by atoms with Crippen molar-refractivity contribution in [3.05, 3.63) is 107 Å². The van der Waals surface area contributed by atoms with Crippen molar-refractivity contribution in [1.29, 1.82) is 0 Å². The highest BCUT2D eigenvalue weighted by atomic mass is 32.1. The van der Waals surface area contributed by atoms with Crippen LogP contribution in [0.25, 0.3) is 10.6 Å². The van der Waals surface area contributed by atoms with Crippen LogP contribution in [0.15, 0.2) is 90.3 Å². The van der Waals surface area contributed by atoms with Gasteiger partial charge in [0.2, 0.25) is 0 Å². The summed E-state index contributed by atoms with van der Waals surface area (Å²) in [6.07, 6.45) is 0. The second kappa shape index (κ2) is 8.83. The van der Waals surface area contributed by atoms with Crippen LogP contribution in [0.3, 0.4) is 0 Å². The third-order valence-electron chi connectivity index (χ3n) is 4.64. The van der Waals surface area contributed by atoms with E-state index < -0.39 is 0 Å². The summed E-state index contributed by atoms with van der Waals surface area (Å²) < 4.78 is 5.23. The Morgan fingerprint density at radius 2 is 1.46 bits per heavy atom. The molecule has 4 rings (SSSR count). The van der Waals surface area contributed by atoms with Gasteiger partial charge in [-0.2, -0.15) is 0 Å². The maximum absolute atomic E-state index is 5.23. The first-order valence-electron chi connectivity index (χ1n) is 9.25. The number of nitrogens with one attached hydrogen (secondary N) is 1. The molecule has 1 aromatic heterocycles. The smallest absolute Gasteiger partial charge is 0.123 e. The standard InChI is InChI=1S/C24H22N2OS/c1-27-22-14-12-20(13-15-22)24-26-21(17-28-24)16-25-23(18-8-4-2-5-9-18)19-10-6-3-7-11-19/h2-15,17,23,25H,16H2,1H3.